The normalized spacial score (nSPS) is 7.00. The summed E-state index contributed by atoms with van der Waals surface area (Å²) in [6.45, 7) is 0. The fraction of sp³-hybridized carbons (Fsp3) is 0. The monoisotopic (exact) mass is 171 g/mol. The topological polar surface area (TPSA) is 57.5 Å². The Morgan fingerprint density at radius 3 is 1.40 bits per heavy atom. The average Bonchev–Trinajstić information content (AvgIpc) is 0.811. The fourth-order valence-corrected chi connectivity index (χ4v) is 0. The van der Waals surface area contributed by atoms with E-state index in [2.05, 4.69) is 0 Å². The van der Waals surface area contributed by atoms with E-state index in [0.29, 0.717) is 0 Å². The molecule has 0 aromatic rings. The van der Waals surface area contributed by atoms with Crippen LogP contribution in [-0.2, 0) is 37.3 Å². The van der Waals surface area contributed by atoms with Gasteiger partial charge in [0, 0.05) is 32.7 Å². The molecule has 29 valence electrons. The van der Waals surface area contributed by atoms with E-state index in [9.17, 15) is 0 Å². The van der Waals surface area contributed by atoms with Gasteiger partial charge in [-0.1, -0.05) is 0 Å². The summed E-state index contributed by atoms with van der Waals surface area (Å²) in [7, 11) is -3.13. The molecule has 0 bridgehead atoms. The Kier molecular flexibility index (Phi) is 10.0. The van der Waals surface area contributed by atoms with Crippen LogP contribution in [0.1, 0.15) is 0 Å². The van der Waals surface area contributed by atoms with Gasteiger partial charge in [0.1, 0.15) is 0 Å². The molecule has 0 saturated heterocycles. The van der Waals surface area contributed by atoms with Crippen LogP contribution in [0.3, 0.4) is 0 Å². The molecule has 0 fully saturated rings. The molecule has 0 amide bonds. The second-order valence-electron chi connectivity index (χ2n) is 0.283. The maximum Gasteiger partial charge on any atom is 0.314 e. The molecule has 3 nitrogen and oxygen atoms in total. The van der Waals surface area contributed by atoms with E-state index in [1.54, 1.807) is 0 Å². The second kappa shape index (κ2) is 5.25. The molecule has 0 aromatic heterocycles. The van der Waals surface area contributed by atoms with E-state index in [1.807, 2.05) is 0 Å². The van der Waals surface area contributed by atoms with E-state index >= 15 is 0 Å². The molecule has 0 unspecified atom stereocenters. The summed E-state index contributed by atoms with van der Waals surface area (Å²) in [5.41, 5.74) is 0. The molecule has 0 rings (SSSR count). The molecule has 2 N–H and O–H groups in total. The van der Waals surface area contributed by atoms with Crippen molar-refractivity contribution in [2.45, 2.75) is 0 Å². The number of hydrogen-bond acceptors (Lipinski definition) is 1. The van der Waals surface area contributed by atoms with Gasteiger partial charge in [0.25, 0.3) is 0 Å². The molecular weight excluding hydrogens is 168 g/mol. The zero-order valence-corrected chi connectivity index (χ0v) is 6.22. The van der Waals surface area contributed by atoms with Crippen molar-refractivity contribution < 1.29 is 47.1 Å². The summed E-state index contributed by atoms with van der Waals surface area (Å²) in [5, 5.41) is 0. The maximum absolute atomic E-state index is 8.74. The van der Waals surface area contributed by atoms with Crippen molar-refractivity contribution in [2.75, 3.05) is 0 Å². The van der Waals surface area contributed by atoms with Crippen molar-refractivity contribution >= 4 is 8.25 Å². The van der Waals surface area contributed by atoms with Crippen LogP contribution in [0, 0.1) is 0 Å². The predicted octanol–water partition coefficient (Wildman–Crippen LogP) is -0.642. The van der Waals surface area contributed by atoms with Gasteiger partial charge in [-0.15, -0.1) is 0 Å². The van der Waals surface area contributed by atoms with Crippen LogP contribution in [-0.4, -0.2) is 9.79 Å². The first-order valence-electron chi connectivity index (χ1n) is 0.651. The zero-order chi connectivity index (χ0) is 3.58. The summed E-state index contributed by atoms with van der Waals surface area (Å²) >= 11 is 0. The molecule has 0 aliphatic heterocycles. The first-order chi connectivity index (χ1) is 1.73. The van der Waals surface area contributed by atoms with E-state index < -0.39 is 8.25 Å². The molecule has 1 radical (unpaired) electrons. The summed E-state index contributed by atoms with van der Waals surface area (Å²) in [5.74, 6) is 0. The van der Waals surface area contributed by atoms with E-state index in [-0.39, 0.29) is 32.7 Å². The van der Waals surface area contributed by atoms with Crippen molar-refractivity contribution in [1.29, 1.82) is 0 Å². The summed E-state index contributed by atoms with van der Waals surface area (Å²) < 4.78 is 8.74. The largest absolute Gasteiger partial charge is 0.326 e. The molecule has 5 heavy (non-hydrogen) atoms. The van der Waals surface area contributed by atoms with Crippen LogP contribution in [0.25, 0.3) is 0 Å². The van der Waals surface area contributed by atoms with E-state index in [1.165, 1.54) is 0 Å². The Morgan fingerprint density at radius 1 is 1.40 bits per heavy atom. The minimum absolute atomic E-state index is 0. The zero-order valence-electron chi connectivity index (χ0n) is 2.38. The van der Waals surface area contributed by atoms with Gasteiger partial charge in [0.2, 0.25) is 0 Å². The maximum atomic E-state index is 8.74. The van der Waals surface area contributed by atoms with Gasteiger partial charge in [-0.25, -0.2) is 0 Å². The third kappa shape index (κ3) is 35.4. The van der Waals surface area contributed by atoms with Gasteiger partial charge in [-0.3, -0.25) is 4.57 Å². The Labute approximate surface area is 55.2 Å². The minimum Gasteiger partial charge on any atom is -0.326 e. The molecule has 0 aliphatic carbocycles. The van der Waals surface area contributed by atoms with Crippen LogP contribution in [0.15, 0.2) is 0 Å². The standard InChI is InChI=1S/H3O3P.Y/c1-4(2)3;/h4H,(H2,1,2,3);. The van der Waals surface area contributed by atoms with Crippen molar-refractivity contribution in [3.05, 3.63) is 0 Å². The van der Waals surface area contributed by atoms with Gasteiger partial charge in [-0.05, 0) is 0 Å². The van der Waals surface area contributed by atoms with Crippen LogP contribution in [0.5, 0.6) is 0 Å². The average molecular weight is 171 g/mol. The summed E-state index contributed by atoms with van der Waals surface area (Å²) in [4.78, 5) is 14.3. The Hall–Kier alpha value is 1.25. The second-order valence-corrected chi connectivity index (χ2v) is 0.848. The molecule has 0 atom stereocenters. The molecular formula is H3O3PY. The SMILES string of the molecule is O=[PH](O)O.[Y]. The van der Waals surface area contributed by atoms with E-state index in [4.69, 9.17) is 14.4 Å². The van der Waals surface area contributed by atoms with Crippen molar-refractivity contribution in [2.24, 2.45) is 0 Å². The van der Waals surface area contributed by atoms with Crippen LogP contribution < -0.4 is 0 Å². The Morgan fingerprint density at radius 2 is 1.40 bits per heavy atom. The van der Waals surface area contributed by atoms with Crippen LogP contribution in [0.4, 0.5) is 0 Å². The van der Waals surface area contributed by atoms with Gasteiger partial charge in [0.15, 0.2) is 0 Å². The molecule has 0 aliphatic rings. The number of rotatable bonds is 0. The predicted molar refractivity (Wildman–Crippen MR) is 13.4 cm³/mol. The Balaban J connectivity index is 0. The van der Waals surface area contributed by atoms with Gasteiger partial charge < -0.3 is 9.79 Å². The van der Waals surface area contributed by atoms with E-state index in [0.717, 1.165) is 0 Å². The molecule has 5 heteroatoms. The molecule has 0 aromatic carbocycles. The Bertz CT molecular complexity index is 29.9. The van der Waals surface area contributed by atoms with Crippen molar-refractivity contribution in [1.82, 2.24) is 0 Å². The quantitative estimate of drug-likeness (QED) is 0.476. The van der Waals surface area contributed by atoms with Crippen molar-refractivity contribution in [3.8, 4) is 0 Å². The van der Waals surface area contributed by atoms with Gasteiger partial charge in [-0.2, -0.15) is 0 Å². The summed E-state index contributed by atoms with van der Waals surface area (Å²) in [6, 6.07) is 0. The van der Waals surface area contributed by atoms with Gasteiger partial charge >= 0.3 is 8.25 Å². The van der Waals surface area contributed by atoms with Crippen LogP contribution in [0.2, 0.25) is 0 Å². The number of hydrogen-bond donors (Lipinski definition) is 2. The minimum atomic E-state index is -3.13. The first kappa shape index (κ1) is 9.54. The fourth-order valence-electron chi connectivity index (χ4n) is 0. The van der Waals surface area contributed by atoms with Crippen LogP contribution >= 0.6 is 8.25 Å². The molecule has 0 spiro atoms. The third-order valence-electron chi connectivity index (χ3n) is 0. The molecule has 0 saturated carbocycles. The molecule has 0 heterocycles. The van der Waals surface area contributed by atoms with Gasteiger partial charge in [0.05, 0.1) is 0 Å². The van der Waals surface area contributed by atoms with Crippen molar-refractivity contribution in [3.63, 3.8) is 0 Å². The third-order valence-corrected chi connectivity index (χ3v) is 0. The summed E-state index contributed by atoms with van der Waals surface area (Å²) in [6.07, 6.45) is 0. The smallest absolute Gasteiger partial charge is 0.314 e. The first-order valence-corrected chi connectivity index (χ1v) is 1.95.